The molecule has 1 aliphatic heterocycles. The zero-order valence-corrected chi connectivity index (χ0v) is 16.4. The third-order valence-electron chi connectivity index (χ3n) is 4.50. The standard InChI is InChI=1S/C20H26O11/c21-6-5-12(8-22)10-29-20-18(28)17(27)19(15(9-23)30-20)31-16(26)4-2-11-1-3-13(24)14(25)7-11/h1-5,7,15,17-25,27-28H,6,8-10H2/t15-,17-,18-,19-,20-/m1/s1. The molecule has 1 heterocycles. The zero-order chi connectivity index (χ0) is 23.0. The van der Waals surface area contributed by atoms with E-state index < -0.39 is 49.9 Å². The zero-order valence-electron chi connectivity index (χ0n) is 16.4. The summed E-state index contributed by atoms with van der Waals surface area (Å²) in [5.41, 5.74) is 0.697. The van der Waals surface area contributed by atoms with E-state index in [1.165, 1.54) is 30.4 Å². The number of aromatic hydroxyl groups is 2. The summed E-state index contributed by atoms with van der Waals surface area (Å²) in [5.74, 6) is -1.62. The van der Waals surface area contributed by atoms with Gasteiger partial charge < -0.3 is 50.0 Å². The molecule has 0 radical (unpaired) electrons. The number of ether oxygens (including phenoxy) is 3. The van der Waals surface area contributed by atoms with Crippen molar-refractivity contribution < 1.29 is 54.8 Å². The van der Waals surface area contributed by atoms with Crippen LogP contribution in [0.2, 0.25) is 0 Å². The number of hydrogen-bond acceptors (Lipinski definition) is 11. The maximum atomic E-state index is 12.1. The van der Waals surface area contributed by atoms with Crippen molar-refractivity contribution in [2.45, 2.75) is 30.7 Å². The molecule has 0 saturated carbocycles. The van der Waals surface area contributed by atoms with Crippen LogP contribution in [-0.2, 0) is 19.0 Å². The molecule has 0 amide bonds. The fourth-order valence-corrected chi connectivity index (χ4v) is 2.81. The number of aliphatic hydroxyl groups excluding tert-OH is 5. The quantitative estimate of drug-likeness (QED) is 0.101. The maximum absolute atomic E-state index is 12.1. The first-order chi connectivity index (χ1) is 14.8. The highest BCUT2D eigenvalue weighted by Gasteiger charge is 2.46. The summed E-state index contributed by atoms with van der Waals surface area (Å²) in [6.07, 6.45) is -3.69. The Labute approximate surface area is 177 Å². The number of aliphatic hydroxyl groups is 5. The smallest absolute Gasteiger partial charge is 0.331 e. The topological polar surface area (TPSA) is 186 Å². The number of phenols is 2. The molecule has 0 aromatic heterocycles. The molecule has 0 spiro atoms. The van der Waals surface area contributed by atoms with E-state index in [4.69, 9.17) is 24.4 Å². The fraction of sp³-hybridized carbons (Fsp3) is 0.450. The fourth-order valence-electron chi connectivity index (χ4n) is 2.81. The Morgan fingerprint density at radius 3 is 2.45 bits per heavy atom. The van der Waals surface area contributed by atoms with Gasteiger partial charge in [0.1, 0.15) is 18.3 Å². The van der Waals surface area contributed by atoms with Crippen LogP contribution in [0.1, 0.15) is 5.56 Å². The second kappa shape index (κ2) is 11.8. The van der Waals surface area contributed by atoms with Gasteiger partial charge in [-0.25, -0.2) is 4.79 Å². The molecule has 0 unspecified atom stereocenters. The summed E-state index contributed by atoms with van der Waals surface area (Å²) in [5, 5.41) is 66.9. The van der Waals surface area contributed by atoms with Crippen LogP contribution in [0.25, 0.3) is 6.08 Å². The molecule has 11 heteroatoms. The van der Waals surface area contributed by atoms with Gasteiger partial charge in [-0.3, -0.25) is 0 Å². The van der Waals surface area contributed by atoms with Gasteiger partial charge in [0.05, 0.1) is 26.4 Å². The van der Waals surface area contributed by atoms with Crippen LogP contribution >= 0.6 is 0 Å². The highest BCUT2D eigenvalue weighted by Crippen LogP contribution is 2.26. The Kier molecular flexibility index (Phi) is 9.40. The van der Waals surface area contributed by atoms with E-state index in [1.807, 2.05) is 0 Å². The molecule has 0 bridgehead atoms. The number of rotatable bonds is 9. The predicted octanol–water partition coefficient (Wildman–Crippen LogP) is -1.61. The van der Waals surface area contributed by atoms with Crippen molar-refractivity contribution >= 4 is 12.0 Å². The van der Waals surface area contributed by atoms with Gasteiger partial charge in [0.15, 0.2) is 23.9 Å². The van der Waals surface area contributed by atoms with Gasteiger partial charge in [-0.05, 0) is 29.3 Å². The Morgan fingerprint density at radius 1 is 1.10 bits per heavy atom. The molecule has 0 aliphatic carbocycles. The largest absolute Gasteiger partial charge is 0.504 e. The lowest BCUT2D eigenvalue weighted by Gasteiger charge is -2.41. The number of phenolic OH excluding ortho intramolecular Hbond substituents is 2. The maximum Gasteiger partial charge on any atom is 0.331 e. The van der Waals surface area contributed by atoms with Crippen molar-refractivity contribution in [2.24, 2.45) is 0 Å². The second-order valence-corrected chi connectivity index (χ2v) is 6.70. The minimum absolute atomic E-state index is 0.212. The molecule has 11 nitrogen and oxygen atoms in total. The normalized spacial score (nSPS) is 26.9. The van der Waals surface area contributed by atoms with Crippen molar-refractivity contribution in [3.8, 4) is 11.5 Å². The van der Waals surface area contributed by atoms with Gasteiger partial charge in [-0.15, -0.1) is 0 Å². The van der Waals surface area contributed by atoms with Crippen molar-refractivity contribution in [2.75, 3.05) is 26.4 Å². The monoisotopic (exact) mass is 442 g/mol. The van der Waals surface area contributed by atoms with Gasteiger partial charge in [0, 0.05) is 6.08 Å². The lowest BCUT2D eigenvalue weighted by atomic mass is 9.99. The highest BCUT2D eigenvalue weighted by atomic mass is 16.7. The Hall–Kier alpha value is -2.51. The van der Waals surface area contributed by atoms with E-state index >= 15 is 0 Å². The summed E-state index contributed by atoms with van der Waals surface area (Å²) in [6.45, 7) is -1.60. The van der Waals surface area contributed by atoms with E-state index in [1.54, 1.807) is 0 Å². The van der Waals surface area contributed by atoms with Crippen molar-refractivity contribution in [3.05, 3.63) is 41.5 Å². The van der Waals surface area contributed by atoms with Crippen LogP contribution in [0.3, 0.4) is 0 Å². The van der Waals surface area contributed by atoms with Gasteiger partial charge in [0.25, 0.3) is 0 Å². The van der Waals surface area contributed by atoms with Gasteiger partial charge in [-0.1, -0.05) is 12.1 Å². The number of esters is 1. The molecule has 5 atom stereocenters. The average molecular weight is 442 g/mol. The molecule has 7 N–H and O–H groups in total. The summed E-state index contributed by atoms with van der Waals surface area (Å²) in [4.78, 5) is 12.1. The Bertz CT molecular complexity index is 789. The van der Waals surface area contributed by atoms with Gasteiger partial charge in [0.2, 0.25) is 0 Å². The lowest BCUT2D eigenvalue weighted by molar-refractivity contribution is -0.301. The second-order valence-electron chi connectivity index (χ2n) is 6.70. The summed E-state index contributed by atoms with van der Waals surface area (Å²) in [7, 11) is 0. The highest BCUT2D eigenvalue weighted by molar-refractivity contribution is 5.87. The lowest BCUT2D eigenvalue weighted by Crippen LogP contribution is -2.60. The molecule has 31 heavy (non-hydrogen) atoms. The summed E-state index contributed by atoms with van der Waals surface area (Å²) >= 11 is 0. The number of carbonyl (C=O) groups excluding carboxylic acids is 1. The Balaban J connectivity index is 2.01. The van der Waals surface area contributed by atoms with E-state index in [9.17, 15) is 30.3 Å². The molecule has 1 aromatic rings. The predicted molar refractivity (Wildman–Crippen MR) is 105 cm³/mol. The number of hydrogen-bond donors (Lipinski definition) is 7. The first-order valence-electron chi connectivity index (χ1n) is 9.35. The first-order valence-corrected chi connectivity index (χ1v) is 9.35. The molecule has 1 saturated heterocycles. The van der Waals surface area contributed by atoms with Crippen LogP contribution in [0.5, 0.6) is 11.5 Å². The Morgan fingerprint density at radius 2 is 1.84 bits per heavy atom. The van der Waals surface area contributed by atoms with E-state index in [-0.39, 0.29) is 24.7 Å². The number of benzene rings is 1. The molecule has 172 valence electrons. The molecule has 2 rings (SSSR count). The first kappa shape index (κ1) is 24.8. The molecular formula is C20H26O11. The van der Waals surface area contributed by atoms with Crippen molar-refractivity contribution in [3.63, 3.8) is 0 Å². The van der Waals surface area contributed by atoms with E-state index in [2.05, 4.69) is 0 Å². The summed E-state index contributed by atoms with van der Waals surface area (Å²) in [6, 6.07) is 3.88. The summed E-state index contributed by atoms with van der Waals surface area (Å²) < 4.78 is 15.8. The molecule has 1 aliphatic rings. The molecule has 1 aromatic carbocycles. The third-order valence-corrected chi connectivity index (χ3v) is 4.50. The van der Waals surface area contributed by atoms with Gasteiger partial charge in [-0.2, -0.15) is 0 Å². The SMILES string of the molecule is O=C(C=Cc1ccc(O)c(O)c1)O[C@H]1[C@H](O)[C@@H](O)[C@H](OCC(=CCO)CO)O[C@@H]1CO. The van der Waals surface area contributed by atoms with Crippen molar-refractivity contribution in [1.82, 2.24) is 0 Å². The van der Waals surface area contributed by atoms with Crippen LogP contribution in [0.4, 0.5) is 0 Å². The van der Waals surface area contributed by atoms with Crippen LogP contribution in [0.15, 0.2) is 35.9 Å². The number of carbonyl (C=O) groups is 1. The van der Waals surface area contributed by atoms with Crippen LogP contribution in [0, 0.1) is 0 Å². The van der Waals surface area contributed by atoms with E-state index in [0.717, 1.165) is 6.08 Å². The molecule has 1 fully saturated rings. The van der Waals surface area contributed by atoms with Crippen LogP contribution < -0.4 is 0 Å². The minimum atomic E-state index is -1.65. The van der Waals surface area contributed by atoms with E-state index in [0.29, 0.717) is 11.1 Å². The van der Waals surface area contributed by atoms with Gasteiger partial charge >= 0.3 is 5.97 Å². The minimum Gasteiger partial charge on any atom is -0.504 e. The van der Waals surface area contributed by atoms with Crippen LogP contribution in [-0.4, -0.2) is 98.8 Å². The molecular weight excluding hydrogens is 416 g/mol. The van der Waals surface area contributed by atoms with Crippen molar-refractivity contribution in [1.29, 1.82) is 0 Å². The average Bonchev–Trinajstić information content (AvgIpc) is 2.76. The third kappa shape index (κ3) is 6.74.